The van der Waals surface area contributed by atoms with Gasteiger partial charge in [0.2, 0.25) is 0 Å². The fourth-order valence-electron chi connectivity index (χ4n) is 6.92. The Labute approximate surface area is 264 Å². The molecule has 228 valence electrons. The van der Waals surface area contributed by atoms with Crippen LogP contribution in [-0.2, 0) is 13.1 Å². The van der Waals surface area contributed by atoms with Crippen molar-refractivity contribution in [2.45, 2.75) is 32.0 Å². The molecule has 0 unspecified atom stereocenters. The predicted molar refractivity (Wildman–Crippen MR) is 179 cm³/mol. The van der Waals surface area contributed by atoms with Crippen molar-refractivity contribution in [3.05, 3.63) is 120 Å². The summed E-state index contributed by atoms with van der Waals surface area (Å²) in [7, 11) is 5.70. The number of piperidine rings is 1. The lowest BCUT2D eigenvalue weighted by Crippen LogP contribution is -2.45. The average Bonchev–Trinajstić information content (AvgIpc) is 3.39. The highest BCUT2D eigenvalue weighted by Crippen LogP contribution is 2.37. The Bertz CT molecular complexity index is 1900. The van der Waals surface area contributed by atoms with Crippen LogP contribution in [0.4, 0.5) is 5.69 Å². The van der Waals surface area contributed by atoms with Crippen molar-refractivity contribution in [3.8, 4) is 16.9 Å². The molecule has 4 aromatic carbocycles. The standard InChI is InChI=1S/C38H38N4O3/c1-39-21-19-29(20-22-39)40(2)38(44)35-18-16-30-25-42(34-14-7-5-10-28(34)24-41(30)35)37(43)27-15-17-33(36(23-27)45-3)32-13-8-11-26-9-4-6-12-31(26)32/h4-18,23,29H,19-22,24-25H2,1-3H3. The molecule has 0 aliphatic carbocycles. The van der Waals surface area contributed by atoms with Gasteiger partial charge < -0.3 is 24.0 Å². The molecule has 0 N–H and O–H groups in total. The smallest absolute Gasteiger partial charge is 0.270 e. The maximum absolute atomic E-state index is 14.3. The molecule has 7 rings (SSSR count). The second-order valence-corrected chi connectivity index (χ2v) is 12.2. The van der Waals surface area contributed by atoms with Crippen LogP contribution < -0.4 is 9.64 Å². The van der Waals surface area contributed by atoms with Crippen LogP contribution in [0.2, 0.25) is 0 Å². The number of anilines is 1. The van der Waals surface area contributed by atoms with E-state index in [0.29, 0.717) is 30.1 Å². The Hall–Kier alpha value is -4.88. The van der Waals surface area contributed by atoms with Crippen molar-refractivity contribution in [3.63, 3.8) is 0 Å². The summed E-state index contributed by atoms with van der Waals surface area (Å²) in [5.41, 5.74) is 5.98. The Morgan fingerprint density at radius 3 is 2.40 bits per heavy atom. The summed E-state index contributed by atoms with van der Waals surface area (Å²) in [5, 5.41) is 2.28. The number of para-hydroxylation sites is 1. The molecule has 2 amide bonds. The lowest BCUT2D eigenvalue weighted by Gasteiger charge is -2.35. The molecule has 1 fully saturated rings. The molecule has 2 aliphatic rings. The maximum Gasteiger partial charge on any atom is 0.270 e. The van der Waals surface area contributed by atoms with Crippen molar-refractivity contribution in [2.75, 3.05) is 39.2 Å². The number of fused-ring (bicyclic) bond motifs is 3. The van der Waals surface area contributed by atoms with Crippen LogP contribution in [0.15, 0.2) is 97.1 Å². The highest BCUT2D eigenvalue weighted by atomic mass is 16.5. The average molecular weight is 599 g/mol. The zero-order valence-corrected chi connectivity index (χ0v) is 26.1. The summed E-state index contributed by atoms with van der Waals surface area (Å²) in [6.45, 7) is 2.86. The molecule has 1 saturated heterocycles. The van der Waals surface area contributed by atoms with Crippen molar-refractivity contribution < 1.29 is 14.3 Å². The van der Waals surface area contributed by atoms with E-state index in [2.05, 4.69) is 40.8 Å². The molecular weight excluding hydrogens is 560 g/mol. The highest BCUT2D eigenvalue weighted by Gasteiger charge is 2.31. The minimum absolute atomic E-state index is 0.0295. The van der Waals surface area contributed by atoms with Crippen LogP contribution in [0.25, 0.3) is 21.9 Å². The first kappa shape index (κ1) is 28.9. The number of hydrogen-bond acceptors (Lipinski definition) is 4. The lowest BCUT2D eigenvalue weighted by molar-refractivity contribution is 0.0649. The minimum atomic E-state index is -0.115. The third-order valence-corrected chi connectivity index (χ3v) is 9.55. The van der Waals surface area contributed by atoms with Crippen LogP contribution in [0.5, 0.6) is 5.75 Å². The summed E-state index contributed by atoms with van der Waals surface area (Å²) >= 11 is 0. The summed E-state index contributed by atoms with van der Waals surface area (Å²) in [4.78, 5) is 34.2. The third kappa shape index (κ3) is 5.27. The largest absolute Gasteiger partial charge is 0.496 e. The molecule has 45 heavy (non-hydrogen) atoms. The molecule has 0 spiro atoms. The molecule has 0 bridgehead atoms. The van der Waals surface area contributed by atoms with Gasteiger partial charge in [0.1, 0.15) is 11.4 Å². The van der Waals surface area contributed by atoms with Crippen LogP contribution in [-0.4, -0.2) is 66.5 Å². The summed E-state index contributed by atoms with van der Waals surface area (Å²) in [6.07, 6.45) is 1.94. The quantitative estimate of drug-likeness (QED) is 0.226. The zero-order valence-electron chi connectivity index (χ0n) is 26.1. The second-order valence-electron chi connectivity index (χ2n) is 12.2. The number of methoxy groups -OCH3 is 1. The van der Waals surface area contributed by atoms with Gasteiger partial charge in [0.15, 0.2) is 0 Å². The maximum atomic E-state index is 14.3. The first-order valence-corrected chi connectivity index (χ1v) is 15.6. The number of likely N-dealkylation sites (tertiary alicyclic amines) is 1. The molecule has 0 atom stereocenters. The van der Waals surface area contributed by atoms with Crippen LogP contribution in [0, 0.1) is 0 Å². The first-order valence-electron chi connectivity index (χ1n) is 15.6. The van der Waals surface area contributed by atoms with E-state index < -0.39 is 0 Å². The monoisotopic (exact) mass is 598 g/mol. The summed E-state index contributed by atoms with van der Waals surface area (Å²) in [5.74, 6) is 0.562. The molecular formula is C38H38N4O3. The number of nitrogens with zero attached hydrogens (tertiary/aromatic N) is 4. The Balaban J connectivity index is 1.22. The minimum Gasteiger partial charge on any atom is -0.496 e. The highest BCUT2D eigenvalue weighted by molar-refractivity contribution is 6.08. The van der Waals surface area contributed by atoms with Gasteiger partial charge in [-0.1, -0.05) is 60.7 Å². The molecule has 0 saturated carbocycles. The van der Waals surface area contributed by atoms with E-state index in [9.17, 15) is 9.59 Å². The molecule has 1 aromatic heterocycles. The Morgan fingerprint density at radius 2 is 1.58 bits per heavy atom. The van der Waals surface area contributed by atoms with Crippen molar-refractivity contribution >= 4 is 28.3 Å². The Kier molecular flexibility index (Phi) is 7.63. The van der Waals surface area contributed by atoms with Crippen molar-refractivity contribution in [1.29, 1.82) is 0 Å². The van der Waals surface area contributed by atoms with E-state index in [1.54, 1.807) is 7.11 Å². The van der Waals surface area contributed by atoms with Crippen LogP contribution in [0.3, 0.4) is 0 Å². The number of ether oxygens (including phenoxy) is 1. The zero-order chi connectivity index (χ0) is 31.1. The number of carbonyl (C=O) groups excluding carboxylic acids is 2. The number of aromatic nitrogens is 1. The van der Waals surface area contributed by atoms with E-state index in [-0.39, 0.29) is 17.9 Å². The summed E-state index contributed by atoms with van der Waals surface area (Å²) in [6, 6.07) is 32.4. The molecule has 7 nitrogen and oxygen atoms in total. The van der Waals surface area contributed by atoms with Gasteiger partial charge in [-0.15, -0.1) is 0 Å². The molecule has 5 aromatic rings. The van der Waals surface area contributed by atoms with E-state index in [0.717, 1.165) is 64.8 Å². The van der Waals surface area contributed by atoms with Gasteiger partial charge in [0, 0.05) is 35.6 Å². The van der Waals surface area contributed by atoms with E-state index >= 15 is 0 Å². The molecule has 0 radical (unpaired) electrons. The fourth-order valence-corrected chi connectivity index (χ4v) is 6.92. The SMILES string of the molecule is COc1cc(C(=O)N2Cc3ccc(C(=O)N(C)C4CCN(C)CC4)n3Cc3ccccc32)ccc1-c1cccc2ccccc12. The van der Waals surface area contributed by atoms with Gasteiger partial charge in [-0.05, 0) is 91.3 Å². The second kappa shape index (κ2) is 11.9. The third-order valence-electron chi connectivity index (χ3n) is 9.55. The van der Waals surface area contributed by atoms with Gasteiger partial charge in [-0.2, -0.15) is 0 Å². The number of amides is 2. The van der Waals surface area contributed by atoms with E-state index in [1.165, 1.54) is 0 Å². The van der Waals surface area contributed by atoms with Gasteiger partial charge >= 0.3 is 0 Å². The normalized spacial score (nSPS) is 15.3. The van der Waals surface area contributed by atoms with Gasteiger partial charge in [0.25, 0.3) is 11.8 Å². The predicted octanol–water partition coefficient (Wildman–Crippen LogP) is 6.69. The van der Waals surface area contributed by atoms with Gasteiger partial charge in [-0.25, -0.2) is 0 Å². The van der Waals surface area contributed by atoms with Crippen molar-refractivity contribution in [1.82, 2.24) is 14.4 Å². The number of rotatable bonds is 5. The van der Waals surface area contributed by atoms with Crippen molar-refractivity contribution in [2.24, 2.45) is 0 Å². The summed E-state index contributed by atoms with van der Waals surface area (Å²) < 4.78 is 7.95. The van der Waals surface area contributed by atoms with E-state index in [4.69, 9.17) is 4.74 Å². The molecule has 3 heterocycles. The lowest BCUT2D eigenvalue weighted by atomic mass is 9.96. The number of hydrogen-bond donors (Lipinski definition) is 0. The van der Waals surface area contributed by atoms with Crippen LogP contribution in [0.1, 0.15) is 44.9 Å². The molecule has 7 heteroatoms. The Morgan fingerprint density at radius 1 is 0.822 bits per heavy atom. The van der Waals surface area contributed by atoms with Crippen LogP contribution >= 0.6 is 0 Å². The fraction of sp³-hybridized carbons (Fsp3) is 0.263. The van der Waals surface area contributed by atoms with E-state index in [1.807, 2.05) is 89.6 Å². The van der Waals surface area contributed by atoms with Gasteiger partial charge in [0.05, 0.1) is 20.2 Å². The van der Waals surface area contributed by atoms with Gasteiger partial charge in [-0.3, -0.25) is 9.59 Å². The topological polar surface area (TPSA) is 58.0 Å². The first-order chi connectivity index (χ1) is 21.9. The number of carbonyl (C=O) groups is 2. The molecule has 2 aliphatic heterocycles. The number of benzene rings is 4.